The van der Waals surface area contributed by atoms with Crippen molar-refractivity contribution in [2.24, 2.45) is 5.92 Å². The molecule has 0 aliphatic carbocycles. The van der Waals surface area contributed by atoms with Gasteiger partial charge in [0.25, 0.3) is 5.91 Å². The average Bonchev–Trinajstić information content (AvgIpc) is 2.83. The summed E-state index contributed by atoms with van der Waals surface area (Å²) in [7, 11) is -3.11. The zero-order valence-electron chi connectivity index (χ0n) is 12.4. The molecule has 0 radical (unpaired) electrons. The van der Waals surface area contributed by atoms with E-state index in [4.69, 9.17) is 0 Å². The van der Waals surface area contributed by atoms with Crippen LogP contribution in [-0.4, -0.2) is 31.7 Å². The van der Waals surface area contributed by atoms with Crippen LogP contribution in [0.15, 0.2) is 24.3 Å². The summed E-state index contributed by atoms with van der Waals surface area (Å²) in [5.74, 6) is -1.87. The Labute approximate surface area is 136 Å². The number of benzene rings is 1. The fraction of sp³-hybridized carbons (Fsp3) is 0.429. The van der Waals surface area contributed by atoms with Crippen LogP contribution in [0.1, 0.15) is 28.8 Å². The minimum Gasteiger partial charge on any atom is -0.273 e. The predicted molar refractivity (Wildman–Crippen MR) is 78.4 cm³/mol. The number of nitrogens with one attached hydrogen (secondary N) is 2. The Morgan fingerprint density at radius 3 is 2.50 bits per heavy atom. The van der Waals surface area contributed by atoms with Gasteiger partial charge in [0.2, 0.25) is 5.91 Å². The van der Waals surface area contributed by atoms with Crippen LogP contribution >= 0.6 is 0 Å². The lowest BCUT2D eigenvalue weighted by Gasteiger charge is -2.11. The van der Waals surface area contributed by atoms with Gasteiger partial charge in [0, 0.05) is 12.0 Å². The molecule has 1 heterocycles. The average molecular weight is 364 g/mol. The number of sulfone groups is 1. The highest BCUT2D eigenvalue weighted by Gasteiger charge is 2.31. The fourth-order valence-electron chi connectivity index (χ4n) is 2.38. The SMILES string of the molecule is O=C(CC1CCS(=O)(=O)C1)NNC(=O)c1cccc(C(F)(F)F)c1. The van der Waals surface area contributed by atoms with Gasteiger partial charge in [-0.15, -0.1) is 0 Å². The lowest BCUT2D eigenvalue weighted by atomic mass is 10.1. The Hall–Kier alpha value is -2.10. The summed E-state index contributed by atoms with van der Waals surface area (Å²) >= 11 is 0. The number of amides is 2. The van der Waals surface area contributed by atoms with Gasteiger partial charge in [-0.2, -0.15) is 13.2 Å². The van der Waals surface area contributed by atoms with Gasteiger partial charge in [-0.3, -0.25) is 20.4 Å². The first-order chi connectivity index (χ1) is 11.1. The summed E-state index contributed by atoms with van der Waals surface area (Å²) in [5.41, 5.74) is 2.87. The molecule has 2 N–H and O–H groups in total. The van der Waals surface area contributed by atoms with Gasteiger partial charge in [0.1, 0.15) is 0 Å². The van der Waals surface area contributed by atoms with Crippen molar-refractivity contribution in [2.75, 3.05) is 11.5 Å². The van der Waals surface area contributed by atoms with Crippen LogP contribution < -0.4 is 10.9 Å². The summed E-state index contributed by atoms with van der Waals surface area (Å²) in [6.45, 7) is 0. The molecule has 10 heteroatoms. The fourth-order valence-corrected chi connectivity index (χ4v) is 4.24. The highest BCUT2D eigenvalue weighted by atomic mass is 32.2. The summed E-state index contributed by atoms with van der Waals surface area (Å²) in [5, 5.41) is 0. The zero-order valence-corrected chi connectivity index (χ0v) is 13.2. The third-order valence-corrected chi connectivity index (χ3v) is 5.41. The number of carbonyl (C=O) groups excluding carboxylic acids is 2. The Morgan fingerprint density at radius 2 is 1.92 bits per heavy atom. The van der Waals surface area contributed by atoms with Crippen molar-refractivity contribution in [2.45, 2.75) is 19.0 Å². The standard InChI is InChI=1S/C14H15F3N2O4S/c15-14(16,17)11-3-1-2-10(7-11)13(21)19-18-12(20)6-9-4-5-24(22,23)8-9/h1-3,7,9H,4-6,8H2,(H,18,20)(H,19,21). The Morgan fingerprint density at radius 1 is 1.21 bits per heavy atom. The van der Waals surface area contributed by atoms with E-state index < -0.39 is 33.4 Å². The summed E-state index contributed by atoms with van der Waals surface area (Å²) < 4.78 is 60.3. The van der Waals surface area contributed by atoms with Gasteiger partial charge in [-0.1, -0.05) is 6.07 Å². The number of hydrazine groups is 1. The van der Waals surface area contributed by atoms with Crippen molar-refractivity contribution in [3.05, 3.63) is 35.4 Å². The van der Waals surface area contributed by atoms with Gasteiger partial charge >= 0.3 is 6.18 Å². The maximum atomic E-state index is 12.6. The van der Waals surface area contributed by atoms with Crippen LogP contribution in [-0.2, 0) is 20.8 Å². The molecular formula is C14H15F3N2O4S. The van der Waals surface area contributed by atoms with Crippen LogP contribution in [0.5, 0.6) is 0 Å². The van der Waals surface area contributed by atoms with E-state index in [0.717, 1.165) is 12.1 Å². The Kier molecular flexibility index (Phi) is 5.16. The molecule has 1 aliphatic rings. The highest BCUT2D eigenvalue weighted by molar-refractivity contribution is 7.91. The van der Waals surface area contributed by atoms with E-state index in [1.807, 2.05) is 5.43 Å². The molecule has 1 aliphatic heterocycles. The molecule has 1 atom stereocenters. The molecule has 0 aromatic heterocycles. The molecule has 0 saturated carbocycles. The lowest BCUT2D eigenvalue weighted by Crippen LogP contribution is -2.42. The van der Waals surface area contributed by atoms with Crippen molar-refractivity contribution in [1.82, 2.24) is 10.9 Å². The maximum Gasteiger partial charge on any atom is 0.416 e. The van der Waals surface area contributed by atoms with Gasteiger partial charge in [0.05, 0.1) is 17.1 Å². The molecule has 132 valence electrons. The van der Waals surface area contributed by atoms with E-state index in [2.05, 4.69) is 5.43 Å². The van der Waals surface area contributed by atoms with Crippen molar-refractivity contribution in [3.8, 4) is 0 Å². The highest BCUT2D eigenvalue weighted by Crippen LogP contribution is 2.29. The van der Waals surface area contributed by atoms with Crippen LogP contribution in [0.25, 0.3) is 0 Å². The first-order valence-corrected chi connectivity index (χ1v) is 8.86. The zero-order chi connectivity index (χ0) is 18.0. The van der Waals surface area contributed by atoms with E-state index in [0.29, 0.717) is 12.5 Å². The second kappa shape index (κ2) is 6.80. The maximum absolute atomic E-state index is 12.6. The third kappa shape index (κ3) is 4.95. The van der Waals surface area contributed by atoms with Crippen molar-refractivity contribution >= 4 is 21.7 Å². The third-order valence-electron chi connectivity index (χ3n) is 3.57. The first kappa shape index (κ1) is 18.2. The van der Waals surface area contributed by atoms with Crippen LogP contribution in [0, 0.1) is 5.92 Å². The quantitative estimate of drug-likeness (QED) is 0.791. The van der Waals surface area contributed by atoms with Crippen molar-refractivity contribution in [3.63, 3.8) is 0 Å². The van der Waals surface area contributed by atoms with Crippen molar-refractivity contribution in [1.29, 1.82) is 0 Å². The molecule has 0 spiro atoms. The minimum absolute atomic E-state index is 0.0293. The Bertz CT molecular complexity index is 747. The minimum atomic E-state index is -4.58. The molecule has 1 aromatic rings. The first-order valence-electron chi connectivity index (χ1n) is 7.04. The van der Waals surface area contributed by atoms with E-state index in [-0.39, 0.29) is 29.4 Å². The van der Waals surface area contributed by atoms with Crippen LogP contribution in [0.2, 0.25) is 0 Å². The van der Waals surface area contributed by atoms with E-state index in [1.54, 1.807) is 0 Å². The van der Waals surface area contributed by atoms with Gasteiger partial charge in [-0.05, 0) is 30.5 Å². The van der Waals surface area contributed by atoms with E-state index >= 15 is 0 Å². The van der Waals surface area contributed by atoms with E-state index in [9.17, 15) is 31.2 Å². The van der Waals surface area contributed by atoms with Crippen molar-refractivity contribution < 1.29 is 31.2 Å². The monoisotopic (exact) mass is 364 g/mol. The largest absolute Gasteiger partial charge is 0.416 e. The molecule has 1 saturated heterocycles. The number of hydrogen-bond donors (Lipinski definition) is 2. The summed E-state index contributed by atoms with van der Waals surface area (Å²) in [6, 6.07) is 3.77. The van der Waals surface area contributed by atoms with Gasteiger partial charge in [-0.25, -0.2) is 8.42 Å². The second-order valence-corrected chi connectivity index (χ2v) is 7.78. The topological polar surface area (TPSA) is 92.3 Å². The van der Waals surface area contributed by atoms with Gasteiger partial charge in [0.15, 0.2) is 9.84 Å². The Balaban J connectivity index is 1.88. The number of rotatable bonds is 3. The normalized spacial score (nSPS) is 19.7. The molecule has 2 amide bonds. The molecule has 2 rings (SSSR count). The number of carbonyl (C=O) groups is 2. The molecule has 6 nitrogen and oxygen atoms in total. The summed E-state index contributed by atoms with van der Waals surface area (Å²) in [6.07, 6.45) is -4.28. The number of halogens is 3. The lowest BCUT2D eigenvalue weighted by molar-refractivity contribution is -0.137. The molecule has 24 heavy (non-hydrogen) atoms. The number of alkyl halides is 3. The molecular weight excluding hydrogens is 349 g/mol. The molecule has 1 aromatic carbocycles. The summed E-state index contributed by atoms with van der Waals surface area (Å²) in [4.78, 5) is 23.5. The second-order valence-electron chi connectivity index (χ2n) is 5.55. The molecule has 1 unspecified atom stereocenters. The molecule has 1 fully saturated rings. The van der Waals surface area contributed by atoms with Gasteiger partial charge < -0.3 is 0 Å². The number of hydrogen-bond acceptors (Lipinski definition) is 4. The molecule has 0 bridgehead atoms. The smallest absolute Gasteiger partial charge is 0.273 e. The predicted octanol–water partition coefficient (Wildman–Crippen LogP) is 1.29. The van der Waals surface area contributed by atoms with Crippen LogP contribution in [0.4, 0.5) is 13.2 Å². The van der Waals surface area contributed by atoms with Crippen LogP contribution in [0.3, 0.4) is 0 Å². The van der Waals surface area contributed by atoms with E-state index in [1.165, 1.54) is 6.07 Å².